The largest absolute Gasteiger partial charge is 0.367 e. The number of nitrogens with one attached hydrogen (secondary N) is 1. The standard InChI is InChI=1S/C19H21FN6/c1-25-13-17(11-21-25)26-10-2-3-16(12-26)22-19-9-8-18(23-24-19)14-4-6-15(20)7-5-14/h4-9,11,13,16H,2-3,10,12H2,1H3,(H,22,24). The molecule has 2 aromatic heterocycles. The molecule has 1 N–H and O–H groups in total. The van der Waals surface area contributed by atoms with Crippen molar-refractivity contribution in [2.24, 2.45) is 7.05 Å². The second kappa shape index (κ2) is 7.11. The average molecular weight is 352 g/mol. The van der Waals surface area contributed by atoms with Gasteiger partial charge in [0.25, 0.3) is 0 Å². The molecular formula is C19H21FN6. The first-order valence-electron chi connectivity index (χ1n) is 8.77. The summed E-state index contributed by atoms with van der Waals surface area (Å²) in [5, 5.41) is 16.3. The molecule has 1 aromatic carbocycles. The van der Waals surface area contributed by atoms with Crippen LogP contribution < -0.4 is 10.2 Å². The predicted octanol–water partition coefficient (Wildman–Crippen LogP) is 3.10. The van der Waals surface area contributed by atoms with E-state index >= 15 is 0 Å². The van der Waals surface area contributed by atoms with Gasteiger partial charge in [0.15, 0.2) is 0 Å². The molecule has 0 aliphatic carbocycles. The van der Waals surface area contributed by atoms with Crippen LogP contribution in [0.4, 0.5) is 15.9 Å². The minimum Gasteiger partial charge on any atom is -0.367 e. The van der Waals surface area contributed by atoms with Crippen molar-refractivity contribution in [3.8, 4) is 11.3 Å². The molecule has 1 aliphatic rings. The molecule has 1 atom stereocenters. The van der Waals surface area contributed by atoms with Crippen molar-refractivity contribution >= 4 is 11.5 Å². The molecule has 1 saturated heterocycles. The van der Waals surface area contributed by atoms with E-state index < -0.39 is 0 Å². The van der Waals surface area contributed by atoms with E-state index in [1.165, 1.54) is 12.1 Å². The van der Waals surface area contributed by atoms with E-state index in [4.69, 9.17) is 0 Å². The van der Waals surface area contributed by atoms with Crippen LogP contribution in [0.3, 0.4) is 0 Å². The van der Waals surface area contributed by atoms with E-state index in [0.29, 0.717) is 6.04 Å². The summed E-state index contributed by atoms with van der Waals surface area (Å²) in [6, 6.07) is 10.4. The predicted molar refractivity (Wildman–Crippen MR) is 99.5 cm³/mol. The number of anilines is 2. The number of aryl methyl sites for hydroxylation is 1. The van der Waals surface area contributed by atoms with Gasteiger partial charge >= 0.3 is 0 Å². The lowest BCUT2D eigenvalue weighted by Gasteiger charge is -2.34. The lowest BCUT2D eigenvalue weighted by molar-refractivity contribution is 0.528. The highest BCUT2D eigenvalue weighted by Crippen LogP contribution is 2.22. The first kappa shape index (κ1) is 16.5. The van der Waals surface area contributed by atoms with Gasteiger partial charge in [0.1, 0.15) is 11.6 Å². The highest BCUT2D eigenvalue weighted by Gasteiger charge is 2.21. The van der Waals surface area contributed by atoms with Gasteiger partial charge in [-0.3, -0.25) is 4.68 Å². The van der Waals surface area contributed by atoms with Crippen LogP contribution in [-0.2, 0) is 7.05 Å². The van der Waals surface area contributed by atoms with Gasteiger partial charge < -0.3 is 10.2 Å². The fourth-order valence-electron chi connectivity index (χ4n) is 3.29. The monoisotopic (exact) mass is 352 g/mol. The van der Waals surface area contributed by atoms with Crippen LogP contribution in [0.25, 0.3) is 11.3 Å². The number of halogens is 1. The fraction of sp³-hybridized carbons (Fsp3) is 0.316. The average Bonchev–Trinajstić information content (AvgIpc) is 3.10. The maximum Gasteiger partial charge on any atom is 0.148 e. The highest BCUT2D eigenvalue weighted by molar-refractivity contribution is 5.59. The van der Waals surface area contributed by atoms with Gasteiger partial charge in [0.2, 0.25) is 0 Å². The Hall–Kier alpha value is -2.96. The van der Waals surface area contributed by atoms with Gasteiger partial charge in [-0.25, -0.2) is 4.39 Å². The van der Waals surface area contributed by atoms with Crippen molar-refractivity contribution in [3.05, 3.63) is 54.6 Å². The summed E-state index contributed by atoms with van der Waals surface area (Å²) >= 11 is 0. The molecule has 134 valence electrons. The van der Waals surface area contributed by atoms with Crippen molar-refractivity contribution in [3.63, 3.8) is 0 Å². The van der Waals surface area contributed by atoms with Gasteiger partial charge in [-0.05, 0) is 49.2 Å². The molecule has 26 heavy (non-hydrogen) atoms. The van der Waals surface area contributed by atoms with Crippen molar-refractivity contribution in [1.29, 1.82) is 0 Å². The number of rotatable bonds is 4. The summed E-state index contributed by atoms with van der Waals surface area (Å²) < 4.78 is 14.9. The Morgan fingerprint density at radius 1 is 1.12 bits per heavy atom. The van der Waals surface area contributed by atoms with Gasteiger partial charge in [0.05, 0.1) is 17.6 Å². The number of nitrogens with zero attached hydrogens (tertiary/aromatic N) is 5. The molecular weight excluding hydrogens is 331 g/mol. The van der Waals surface area contributed by atoms with Crippen LogP contribution in [0.2, 0.25) is 0 Å². The molecule has 3 aromatic rings. The minimum absolute atomic E-state index is 0.254. The lowest BCUT2D eigenvalue weighted by Crippen LogP contribution is -2.42. The fourth-order valence-corrected chi connectivity index (χ4v) is 3.29. The summed E-state index contributed by atoms with van der Waals surface area (Å²) in [5.74, 6) is 0.504. The van der Waals surface area contributed by atoms with Crippen molar-refractivity contribution < 1.29 is 4.39 Å². The molecule has 1 fully saturated rings. The van der Waals surface area contributed by atoms with Crippen molar-refractivity contribution in [2.75, 3.05) is 23.3 Å². The molecule has 1 aliphatic heterocycles. The summed E-state index contributed by atoms with van der Waals surface area (Å²) in [4.78, 5) is 2.34. The van der Waals surface area contributed by atoms with Gasteiger partial charge in [-0.1, -0.05) is 0 Å². The quantitative estimate of drug-likeness (QED) is 0.782. The molecule has 7 heteroatoms. The third kappa shape index (κ3) is 3.66. The Labute approximate surface area is 151 Å². The van der Waals surface area contributed by atoms with Crippen LogP contribution in [0.1, 0.15) is 12.8 Å². The summed E-state index contributed by atoms with van der Waals surface area (Å²) in [5.41, 5.74) is 2.73. The second-order valence-corrected chi connectivity index (χ2v) is 6.61. The lowest BCUT2D eigenvalue weighted by atomic mass is 10.1. The SMILES string of the molecule is Cn1cc(N2CCCC(Nc3ccc(-c4ccc(F)cc4)nn3)C2)cn1. The first-order chi connectivity index (χ1) is 12.7. The van der Waals surface area contributed by atoms with Crippen LogP contribution in [0, 0.1) is 5.82 Å². The van der Waals surface area contributed by atoms with Crippen LogP contribution in [-0.4, -0.2) is 39.1 Å². The maximum atomic E-state index is 13.0. The van der Waals surface area contributed by atoms with Gasteiger partial charge in [-0.2, -0.15) is 5.10 Å². The van der Waals surface area contributed by atoms with Crippen molar-refractivity contribution in [2.45, 2.75) is 18.9 Å². The Bertz CT molecular complexity index is 858. The third-order valence-electron chi connectivity index (χ3n) is 4.63. The summed E-state index contributed by atoms with van der Waals surface area (Å²) in [6.07, 6.45) is 6.16. The summed E-state index contributed by atoms with van der Waals surface area (Å²) in [6.45, 7) is 1.95. The van der Waals surface area contributed by atoms with E-state index in [2.05, 4.69) is 25.5 Å². The molecule has 4 rings (SSSR count). The van der Waals surface area contributed by atoms with Crippen molar-refractivity contribution in [1.82, 2.24) is 20.0 Å². The van der Waals surface area contributed by atoms with Gasteiger partial charge in [-0.15, -0.1) is 10.2 Å². The van der Waals surface area contributed by atoms with E-state index in [1.807, 2.05) is 36.3 Å². The Balaban J connectivity index is 1.41. The van der Waals surface area contributed by atoms with Crippen LogP contribution in [0.5, 0.6) is 0 Å². The molecule has 6 nitrogen and oxygen atoms in total. The van der Waals surface area contributed by atoms with E-state index in [-0.39, 0.29) is 5.82 Å². The second-order valence-electron chi connectivity index (χ2n) is 6.61. The van der Waals surface area contributed by atoms with E-state index in [9.17, 15) is 4.39 Å². The topological polar surface area (TPSA) is 58.9 Å². The Morgan fingerprint density at radius 3 is 2.65 bits per heavy atom. The molecule has 1 unspecified atom stereocenters. The summed E-state index contributed by atoms with van der Waals surface area (Å²) in [7, 11) is 1.93. The molecule has 0 saturated carbocycles. The molecule has 0 radical (unpaired) electrons. The maximum absolute atomic E-state index is 13.0. The smallest absolute Gasteiger partial charge is 0.148 e. The zero-order valence-corrected chi connectivity index (χ0v) is 14.6. The molecule has 0 amide bonds. The third-order valence-corrected chi connectivity index (χ3v) is 4.63. The molecule has 0 bridgehead atoms. The number of benzene rings is 1. The zero-order valence-electron chi connectivity index (χ0n) is 14.6. The normalized spacial score (nSPS) is 17.3. The van der Waals surface area contributed by atoms with E-state index in [0.717, 1.165) is 48.7 Å². The molecule has 0 spiro atoms. The molecule has 3 heterocycles. The highest BCUT2D eigenvalue weighted by atomic mass is 19.1. The first-order valence-corrected chi connectivity index (χ1v) is 8.77. The Morgan fingerprint density at radius 2 is 1.96 bits per heavy atom. The number of piperidine rings is 1. The number of hydrogen-bond donors (Lipinski definition) is 1. The number of aromatic nitrogens is 4. The minimum atomic E-state index is -0.254. The zero-order chi connectivity index (χ0) is 17.9. The van der Waals surface area contributed by atoms with Gasteiger partial charge in [0, 0.05) is 37.9 Å². The number of hydrogen-bond acceptors (Lipinski definition) is 5. The van der Waals surface area contributed by atoms with E-state index in [1.54, 1.807) is 12.1 Å². The van der Waals surface area contributed by atoms with Crippen LogP contribution in [0.15, 0.2) is 48.8 Å². The van der Waals surface area contributed by atoms with Crippen LogP contribution >= 0.6 is 0 Å². The Kier molecular flexibility index (Phi) is 4.51.